The van der Waals surface area contributed by atoms with Gasteiger partial charge in [-0.3, -0.25) is 9.59 Å². The third-order valence-electron chi connectivity index (χ3n) is 18.6. The molecule has 0 saturated heterocycles. The van der Waals surface area contributed by atoms with Crippen LogP contribution >= 0.6 is 0 Å². The number of ether oxygens (including phenoxy) is 1. The molecule has 1 amide bonds. The molecule has 0 aromatic rings. The summed E-state index contributed by atoms with van der Waals surface area (Å²) in [6, 6.07) is -0.540. The fourth-order valence-electron chi connectivity index (χ4n) is 12.5. The highest BCUT2D eigenvalue weighted by molar-refractivity contribution is 5.76. The first kappa shape index (κ1) is 85.8. The van der Waals surface area contributed by atoms with Crippen molar-refractivity contribution in [1.82, 2.24) is 5.32 Å². The Kier molecular flexibility index (Phi) is 75.4. The standard InChI is InChI=1S/C82H155NO5/c1-3-5-7-9-11-13-15-17-18-19-41-44-47-51-54-58-62-66-70-74-80(85)79(78-84)83-81(86)75-71-67-63-59-55-52-48-45-42-39-37-35-33-31-29-27-25-23-21-20-22-24-26-28-30-32-34-36-38-40-43-46-49-53-57-61-65-69-73-77-88-82(87)76-72-68-64-60-56-50-16-14-12-10-8-6-4-2/h8,10,14,16,20-21,24,26,79-80,84-85H,3-7,9,11-13,15,17-19,22-23,25,27-78H2,1-2H3,(H,83,86)/b10-8-,16-14-,21-20-,26-24-. The second kappa shape index (κ2) is 77.3. The Labute approximate surface area is 550 Å². The normalized spacial score (nSPS) is 12.7. The topological polar surface area (TPSA) is 95.9 Å². The minimum Gasteiger partial charge on any atom is -0.466 e. The number of hydrogen-bond acceptors (Lipinski definition) is 5. The Morgan fingerprint density at radius 3 is 0.909 bits per heavy atom. The van der Waals surface area contributed by atoms with E-state index < -0.39 is 12.1 Å². The first-order valence-corrected chi connectivity index (χ1v) is 39.9. The molecule has 518 valence electrons. The summed E-state index contributed by atoms with van der Waals surface area (Å²) in [7, 11) is 0. The second-order valence-corrected chi connectivity index (χ2v) is 27.4. The van der Waals surface area contributed by atoms with Crippen molar-refractivity contribution in [1.29, 1.82) is 0 Å². The van der Waals surface area contributed by atoms with Crippen molar-refractivity contribution in [2.45, 2.75) is 450 Å². The van der Waals surface area contributed by atoms with Crippen LogP contribution in [0.5, 0.6) is 0 Å². The van der Waals surface area contributed by atoms with Gasteiger partial charge in [-0.25, -0.2) is 0 Å². The Balaban J connectivity index is 3.36. The SMILES string of the molecule is CCC/C=C\C/C=C\CCCCCCCC(=O)OCCCCCCCCCCCCCCCCC/C=C\C/C=C\CCCCCCCCCCCCCCCCCCCC(=O)NC(CO)C(O)CCCCCCCCCCCCCCCCCCCCC. The molecule has 0 aliphatic carbocycles. The van der Waals surface area contributed by atoms with Crippen LogP contribution in [0.15, 0.2) is 48.6 Å². The number of hydrogen-bond donors (Lipinski definition) is 3. The van der Waals surface area contributed by atoms with Gasteiger partial charge in [0.25, 0.3) is 0 Å². The maximum Gasteiger partial charge on any atom is 0.305 e. The Hall–Kier alpha value is -2.18. The fourth-order valence-corrected chi connectivity index (χ4v) is 12.5. The van der Waals surface area contributed by atoms with Crippen LogP contribution in [-0.4, -0.2) is 47.4 Å². The highest BCUT2D eigenvalue weighted by Crippen LogP contribution is 2.20. The zero-order valence-corrected chi connectivity index (χ0v) is 59.5. The molecule has 3 N–H and O–H groups in total. The molecule has 2 atom stereocenters. The third kappa shape index (κ3) is 72.9. The van der Waals surface area contributed by atoms with Gasteiger partial charge in [0.1, 0.15) is 0 Å². The molecule has 0 heterocycles. The number of nitrogens with one attached hydrogen (secondary N) is 1. The lowest BCUT2D eigenvalue weighted by Crippen LogP contribution is -2.45. The van der Waals surface area contributed by atoms with E-state index >= 15 is 0 Å². The number of carbonyl (C=O) groups is 2. The highest BCUT2D eigenvalue weighted by atomic mass is 16.5. The first-order chi connectivity index (χ1) is 43.5. The predicted molar refractivity (Wildman–Crippen MR) is 389 cm³/mol. The lowest BCUT2D eigenvalue weighted by molar-refractivity contribution is -0.143. The Morgan fingerprint density at radius 2 is 0.591 bits per heavy atom. The number of esters is 1. The van der Waals surface area contributed by atoms with Gasteiger partial charge in [0, 0.05) is 12.8 Å². The van der Waals surface area contributed by atoms with Gasteiger partial charge in [0.2, 0.25) is 5.91 Å². The molecule has 0 bridgehead atoms. The summed E-state index contributed by atoms with van der Waals surface area (Å²) in [5.41, 5.74) is 0. The molecule has 0 radical (unpaired) electrons. The van der Waals surface area contributed by atoms with Crippen LogP contribution in [-0.2, 0) is 14.3 Å². The monoisotopic (exact) mass is 1230 g/mol. The van der Waals surface area contributed by atoms with E-state index in [1.807, 2.05) is 0 Å². The summed E-state index contributed by atoms with van der Waals surface area (Å²) in [6.07, 6.45) is 102. The van der Waals surface area contributed by atoms with Gasteiger partial charge in [-0.15, -0.1) is 0 Å². The zero-order chi connectivity index (χ0) is 63.5. The van der Waals surface area contributed by atoms with E-state index in [-0.39, 0.29) is 18.5 Å². The molecule has 0 spiro atoms. The molecular weight excluding hydrogens is 1080 g/mol. The molecule has 6 heteroatoms. The average Bonchev–Trinajstić information content (AvgIpc) is 3.59. The van der Waals surface area contributed by atoms with E-state index in [1.165, 1.54) is 347 Å². The summed E-state index contributed by atoms with van der Waals surface area (Å²) >= 11 is 0. The lowest BCUT2D eigenvalue weighted by atomic mass is 10.0. The van der Waals surface area contributed by atoms with E-state index in [0.29, 0.717) is 25.9 Å². The van der Waals surface area contributed by atoms with Crippen LogP contribution in [0, 0.1) is 0 Å². The minimum atomic E-state index is -0.663. The number of unbranched alkanes of at least 4 members (excludes halogenated alkanes) is 56. The summed E-state index contributed by atoms with van der Waals surface area (Å²) in [5.74, 6) is -0.0224. The summed E-state index contributed by atoms with van der Waals surface area (Å²) in [6.45, 7) is 4.92. The van der Waals surface area contributed by atoms with Gasteiger partial charge >= 0.3 is 5.97 Å². The molecule has 0 aromatic carbocycles. The first-order valence-electron chi connectivity index (χ1n) is 39.9. The second-order valence-electron chi connectivity index (χ2n) is 27.4. The fraction of sp³-hybridized carbons (Fsp3) is 0.878. The Morgan fingerprint density at radius 1 is 0.318 bits per heavy atom. The van der Waals surface area contributed by atoms with Crippen LogP contribution in [0.4, 0.5) is 0 Å². The molecule has 6 nitrogen and oxygen atoms in total. The van der Waals surface area contributed by atoms with E-state index in [4.69, 9.17) is 4.74 Å². The third-order valence-corrected chi connectivity index (χ3v) is 18.6. The number of amides is 1. The van der Waals surface area contributed by atoms with Gasteiger partial charge in [-0.05, 0) is 83.5 Å². The molecule has 0 aliphatic rings. The van der Waals surface area contributed by atoms with Crippen LogP contribution in [0.2, 0.25) is 0 Å². The van der Waals surface area contributed by atoms with Crippen molar-refractivity contribution in [2.75, 3.05) is 13.2 Å². The molecular formula is C82H155NO5. The summed E-state index contributed by atoms with van der Waals surface area (Å²) < 4.78 is 5.48. The van der Waals surface area contributed by atoms with Crippen LogP contribution < -0.4 is 5.32 Å². The van der Waals surface area contributed by atoms with Crippen LogP contribution in [0.1, 0.15) is 438 Å². The molecule has 0 aromatic heterocycles. The van der Waals surface area contributed by atoms with E-state index in [2.05, 4.69) is 67.8 Å². The number of rotatable bonds is 75. The molecule has 2 unspecified atom stereocenters. The van der Waals surface area contributed by atoms with Gasteiger partial charge in [-0.1, -0.05) is 390 Å². The van der Waals surface area contributed by atoms with E-state index in [1.54, 1.807) is 0 Å². The van der Waals surface area contributed by atoms with Gasteiger partial charge in [0.15, 0.2) is 0 Å². The maximum atomic E-state index is 12.6. The van der Waals surface area contributed by atoms with Crippen molar-refractivity contribution in [2.24, 2.45) is 0 Å². The average molecular weight is 1240 g/mol. The van der Waals surface area contributed by atoms with E-state index in [9.17, 15) is 19.8 Å². The molecule has 0 saturated carbocycles. The van der Waals surface area contributed by atoms with Crippen LogP contribution in [0.25, 0.3) is 0 Å². The van der Waals surface area contributed by atoms with Crippen molar-refractivity contribution in [3.05, 3.63) is 48.6 Å². The quantitative estimate of drug-likeness (QED) is 0.0320. The number of carbonyl (C=O) groups excluding carboxylic acids is 2. The van der Waals surface area contributed by atoms with Crippen molar-refractivity contribution in [3.8, 4) is 0 Å². The van der Waals surface area contributed by atoms with E-state index in [0.717, 1.165) is 57.8 Å². The highest BCUT2D eigenvalue weighted by Gasteiger charge is 2.20. The van der Waals surface area contributed by atoms with Crippen molar-refractivity contribution in [3.63, 3.8) is 0 Å². The molecule has 0 rings (SSSR count). The summed E-state index contributed by atoms with van der Waals surface area (Å²) in [4.78, 5) is 24.6. The molecule has 88 heavy (non-hydrogen) atoms. The zero-order valence-electron chi connectivity index (χ0n) is 59.5. The molecule has 0 aliphatic heterocycles. The van der Waals surface area contributed by atoms with Gasteiger partial charge < -0.3 is 20.3 Å². The smallest absolute Gasteiger partial charge is 0.305 e. The predicted octanol–water partition coefficient (Wildman–Crippen LogP) is 26.4. The Bertz CT molecular complexity index is 1470. The maximum absolute atomic E-state index is 12.6. The largest absolute Gasteiger partial charge is 0.466 e. The van der Waals surface area contributed by atoms with Crippen LogP contribution in [0.3, 0.4) is 0 Å². The van der Waals surface area contributed by atoms with Crippen molar-refractivity contribution < 1.29 is 24.5 Å². The number of aliphatic hydroxyl groups excluding tert-OH is 2. The van der Waals surface area contributed by atoms with Crippen molar-refractivity contribution >= 4 is 11.9 Å². The number of aliphatic hydroxyl groups is 2. The molecule has 0 fully saturated rings. The van der Waals surface area contributed by atoms with Gasteiger partial charge in [0.05, 0.1) is 25.4 Å². The minimum absolute atomic E-state index is 0.00517. The lowest BCUT2D eigenvalue weighted by Gasteiger charge is -2.22. The number of allylic oxidation sites excluding steroid dienone is 8. The van der Waals surface area contributed by atoms with Gasteiger partial charge in [-0.2, -0.15) is 0 Å². The summed E-state index contributed by atoms with van der Waals surface area (Å²) in [5, 5.41) is 23.4.